The predicted molar refractivity (Wildman–Crippen MR) is 79.8 cm³/mol. The molecular formula is C14H18N4OS. The van der Waals surface area contributed by atoms with Crippen LogP contribution in [-0.2, 0) is 11.3 Å². The van der Waals surface area contributed by atoms with Crippen LogP contribution in [-0.4, -0.2) is 22.8 Å². The second-order valence-electron chi connectivity index (χ2n) is 4.60. The number of hydrazine groups is 1. The molecule has 0 radical (unpaired) electrons. The third-order valence-electron chi connectivity index (χ3n) is 3.18. The number of carbonyl (C=O) groups is 1. The third-order valence-corrected chi connectivity index (χ3v) is 4.10. The first kappa shape index (κ1) is 14.6. The summed E-state index contributed by atoms with van der Waals surface area (Å²) in [7, 11) is 1.91. The van der Waals surface area contributed by atoms with Crippen LogP contribution in [0.5, 0.6) is 0 Å². The summed E-state index contributed by atoms with van der Waals surface area (Å²) >= 11 is 1.59. The SMILES string of the molecule is Cc1ncsc1CN(C)C(C(=O)NN)c1ccccc1. The van der Waals surface area contributed by atoms with Crippen molar-refractivity contribution in [2.45, 2.75) is 19.5 Å². The normalized spacial score (nSPS) is 12.4. The molecule has 0 bridgehead atoms. The van der Waals surface area contributed by atoms with E-state index in [9.17, 15) is 4.79 Å². The van der Waals surface area contributed by atoms with Crippen molar-refractivity contribution in [2.75, 3.05) is 7.05 Å². The summed E-state index contributed by atoms with van der Waals surface area (Å²) in [5, 5.41) is 0. The Balaban J connectivity index is 2.23. The first-order valence-electron chi connectivity index (χ1n) is 6.28. The van der Waals surface area contributed by atoms with Gasteiger partial charge in [0.25, 0.3) is 5.91 Å². The summed E-state index contributed by atoms with van der Waals surface area (Å²) in [4.78, 5) is 19.4. The van der Waals surface area contributed by atoms with Gasteiger partial charge in [0.2, 0.25) is 0 Å². The van der Waals surface area contributed by atoms with Crippen molar-refractivity contribution in [2.24, 2.45) is 5.84 Å². The Morgan fingerprint density at radius 2 is 2.15 bits per heavy atom. The molecule has 1 aromatic heterocycles. The number of hydrogen-bond acceptors (Lipinski definition) is 5. The molecule has 1 amide bonds. The Kier molecular flexibility index (Phi) is 4.84. The zero-order chi connectivity index (χ0) is 14.5. The standard InChI is InChI=1S/C14H18N4OS/c1-10-12(20-9-16-10)8-18(2)13(14(19)17-15)11-6-4-3-5-7-11/h3-7,9,13H,8,15H2,1-2H3,(H,17,19). The fourth-order valence-corrected chi connectivity index (χ4v) is 2.96. The number of nitrogens with one attached hydrogen (secondary N) is 1. The number of aryl methyl sites for hydroxylation is 1. The molecule has 0 spiro atoms. The van der Waals surface area contributed by atoms with Crippen LogP contribution < -0.4 is 11.3 Å². The number of carbonyl (C=O) groups excluding carboxylic acids is 1. The van der Waals surface area contributed by atoms with Gasteiger partial charge in [-0.05, 0) is 19.5 Å². The molecule has 1 aromatic carbocycles. The average Bonchev–Trinajstić information content (AvgIpc) is 2.85. The highest BCUT2D eigenvalue weighted by molar-refractivity contribution is 7.09. The summed E-state index contributed by atoms with van der Waals surface area (Å²) < 4.78 is 0. The van der Waals surface area contributed by atoms with E-state index in [1.807, 2.05) is 54.7 Å². The lowest BCUT2D eigenvalue weighted by atomic mass is 10.0. The molecule has 1 unspecified atom stereocenters. The van der Waals surface area contributed by atoms with E-state index in [1.165, 1.54) is 0 Å². The monoisotopic (exact) mass is 290 g/mol. The molecule has 0 saturated carbocycles. The molecular weight excluding hydrogens is 272 g/mol. The minimum absolute atomic E-state index is 0.221. The number of benzene rings is 1. The lowest BCUT2D eigenvalue weighted by Gasteiger charge is -2.26. The number of amides is 1. The maximum atomic E-state index is 12.1. The number of nitrogens with two attached hydrogens (primary N) is 1. The van der Waals surface area contributed by atoms with Gasteiger partial charge in [-0.3, -0.25) is 15.1 Å². The summed E-state index contributed by atoms with van der Waals surface area (Å²) in [5.41, 5.74) is 5.98. The summed E-state index contributed by atoms with van der Waals surface area (Å²) in [6, 6.07) is 9.19. The second kappa shape index (κ2) is 6.60. The molecule has 5 nitrogen and oxygen atoms in total. The number of rotatable bonds is 5. The molecule has 20 heavy (non-hydrogen) atoms. The molecule has 1 atom stereocenters. The van der Waals surface area contributed by atoms with Crippen LogP contribution in [0.15, 0.2) is 35.8 Å². The van der Waals surface area contributed by atoms with Gasteiger partial charge in [-0.25, -0.2) is 10.8 Å². The van der Waals surface area contributed by atoms with Crippen LogP contribution in [0.2, 0.25) is 0 Å². The lowest BCUT2D eigenvalue weighted by Crippen LogP contribution is -2.41. The fourth-order valence-electron chi connectivity index (χ4n) is 2.12. The summed E-state index contributed by atoms with van der Waals surface area (Å²) in [6.45, 7) is 2.63. The molecule has 0 aliphatic carbocycles. The van der Waals surface area contributed by atoms with E-state index in [1.54, 1.807) is 11.3 Å². The van der Waals surface area contributed by atoms with E-state index < -0.39 is 6.04 Å². The summed E-state index contributed by atoms with van der Waals surface area (Å²) in [6.07, 6.45) is 0. The maximum Gasteiger partial charge on any atom is 0.255 e. The van der Waals surface area contributed by atoms with Crippen molar-refractivity contribution >= 4 is 17.2 Å². The van der Waals surface area contributed by atoms with Crippen molar-refractivity contribution < 1.29 is 4.79 Å². The van der Waals surface area contributed by atoms with E-state index >= 15 is 0 Å². The van der Waals surface area contributed by atoms with Gasteiger partial charge < -0.3 is 0 Å². The number of likely N-dealkylation sites (N-methyl/N-ethyl adjacent to an activating group) is 1. The van der Waals surface area contributed by atoms with Gasteiger partial charge in [0.15, 0.2) is 0 Å². The second-order valence-corrected chi connectivity index (χ2v) is 5.54. The van der Waals surface area contributed by atoms with Crippen LogP contribution in [0.4, 0.5) is 0 Å². The number of hydrogen-bond donors (Lipinski definition) is 2. The van der Waals surface area contributed by atoms with Gasteiger partial charge in [0.05, 0.1) is 11.2 Å². The van der Waals surface area contributed by atoms with E-state index in [4.69, 9.17) is 5.84 Å². The Morgan fingerprint density at radius 3 is 2.70 bits per heavy atom. The number of aromatic nitrogens is 1. The van der Waals surface area contributed by atoms with Crippen molar-refractivity contribution in [1.82, 2.24) is 15.3 Å². The van der Waals surface area contributed by atoms with Crippen molar-refractivity contribution in [1.29, 1.82) is 0 Å². The van der Waals surface area contributed by atoms with Gasteiger partial charge in [0.1, 0.15) is 6.04 Å². The molecule has 2 rings (SSSR count). The Labute approximate surface area is 122 Å². The molecule has 2 aromatic rings. The van der Waals surface area contributed by atoms with Crippen LogP contribution in [0.25, 0.3) is 0 Å². The molecule has 0 aliphatic rings. The highest BCUT2D eigenvalue weighted by atomic mass is 32.1. The first-order chi connectivity index (χ1) is 9.63. The van der Waals surface area contributed by atoms with Crippen LogP contribution in [0.1, 0.15) is 22.2 Å². The van der Waals surface area contributed by atoms with Crippen molar-refractivity contribution in [3.05, 3.63) is 52.0 Å². The van der Waals surface area contributed by atoms with E-state index in [0.717, 1.165) is 16.1 Å². The molecule has 0 saturated heterocycles. The van der Waals surface area contributed by atoms with E-state index in [0.29, 0.717) is 6.54 Å². The molecule has 0 fully saturated rings. The average molecular weight is 290 g/mol. The molecule has 106 valence electrons. The molecule has 6 heteroatoms. The van der Waals surface area contributed by atoms with Crippen LogP contribution >= 0.6 is 11.3 Å². The number of thiazole rings is 1. The topological polar surface area (TPSA) is 71.2 Å². The fraction of sp³-hybridized carbons (Fsp3) is 0.286. The van der Waals surface area contributed by atoms with Gasteiger partial charge in [-0.2, -0.15) is 0 Å². The zero-order valence-electron chi connectivity index (χ0n) is 11.5. The quantitative estimate of drug-likeness (QED) is 0.498. The third kappa shape index (κ3) is 3.22. The zero-order valence-corrected chi connectivity index (χ0v) is 12.4. The lowest BCUT2D eigenvalue weighted by molar-refractivity contribution is -0.126. The molecule has 1 heterocycles. The van der Waals surface area contributed by atoms with E-state index in [2.05, 4.69) is 10.4 Å². The first-order valence-corrected chi connectivity index (χ1v) is 7.16. The van der Waals surface area contributed by atoms with Crippen LogP contribution in [0.3, 0.4) is 0 Å². The Hall–Kier alpha value is -1.76. The van der Waals surface area contributed by atoms with Gasteiger partial charge >= 0.3 is 0 Å². The van der Waals surface area contributed by atoms with E-state index in [-0.39, 0.29) is 5.91 Å². The largest absolute Gasteiger partial charge is 0.293 e. The highest BCUT2D eigenvalue weighted by Gasteiger charge is 2.25. The number of nitrogens with zero attached hydrogens (tertiary/aromatic N) is 2. The van der Waals surface area contributed by atoms with Gasteiger partial charge in [-0.1, -0.05) is 30.3 Å². The minimum atomic E-state index is -0.414. The predicted octanol–water partition coefficient (Wildman–Crippen LogP) is 1.61. The van der Waals surface area contributed by atoms with Crippen molar-refractivity contribution in [3.63, 3.8) is 0 Å². The summed E-state index contributed by atoms with van der Waals surface area (Å²) in [5.74, 6) is 5.09. The molecule has 0 aliphatic heterocycles. The smallest absolute Gasteiger partial charge is 0.255 e. The maximum absolute atomic E-state index is 12.1. The Bertz CT molecular complexity index is 570. The minimum Gasteiger partial charge on any atom is -0.293 e. The molecule has 3 N–H and O–H groups in total. The van der Waals surface area contributed by atoms with Crippen LogP contribution in [0, 0.1) is 6.92 Å². The highest BCUT2D eigenvalue weighted by Crippen LogP contribution is 2.23. The van der Waals surface area contributed by atoms with Gasteiger partial charge in [-0.15, -0.1) is 11.3 Å². The van der Waals surface area contributed by atoms with Crippen molar-refractivity contribution in [3.8, 4) is 0 Å². The Morgan fingerprint density at radius 1 is 1.45 bits per heavy atom. The van der Waals surface area contributed by atoms with Gasteiger partial charge in [0, 0.05) is 11.4 Å².